The number of hydrogen-bond donors (Lipinski definition) is 1. The second kappa shape index (κ2) is 5.70. The Bertz CT molecular complexity index is 441. The van der Waals surface area contributed by atoms with Gasteiger partial charge < -0.3 is 10.5 Å². The summed E-state index contributed by atoms with van der Waals surface area (Å²) in [5.74, 6) is 5.94. The van der Waals surface area contributed by atoms with E-state index in [1.807, 2.05) is 0 Å². The highest BCUT2D eigenvalue weighted by molar-refractivity contribution is 5.46. The molecular formula is C14H16FNO. The van der Waals surface area contributed by atoms with Crippen molar-refractivity contribution in [1.29, 1.82) is 0 Å². The van der Waals surface area contributed by atoms with Crippen LogP contribution in [0, 0.1) is 17.7 Å². The van der Waals surface area contributed by atoms with Gasteiger partial charge >= 0.3 is 0 Å². The third-order valence-corrected chi connectivity index (χ3v) is 2.86. The summed E-state index contributed by atoms with van der Waals surface area (Å²) in [4.78, 5) is 0. The van der Waals surface area contributed by atoms with Crippen LogP contribution in [0.2, 0.25) is 0 Å². The summed E-state index contributed by atoms with van der Waals surface area (Å²) in [5.41, 5.74) is 5.91. The maximum atomic E-state index is 13.1. The SMILES string of the molecule is NCC#Cc1cc(F)ccc1OC1CCCC1. The highest BCUT2D eigenvalue weighted by Gasteiger charge is 2.17. The van der Waals surface area contributed by atoms with Crippen LogP contribution >= 0.6 is 0 Å². The number of rotatable bonds is 2. The summed E-state index contributed by atoms with van der Waals surface area (Å²) in [5, 5.41) is 0. The fraction of sp³-hybridized carbons (Fsp3) is 0.429. The molecule has 3 heteroatoms. The second-order valence-corrected chi connectivity index (χ2v) is 4.17. The van der Waals surface area contributed by atoms with Crippen molar-refractivity contribution in [2.75, 3.05) is 6.54 Å². The van der Waals surface area contributed by atoms with Crippen molar-refractivity contribution in [1.82, 2.24) is 0 Å². The topological polar surface area (TPSA) is 35.2 Å². The molecule has 0 amide bonds. The van der Waals surface area contributed by atoms with Crippen molar-refractivity contribution in [3.8, 4) is 17.6 Å². The van der Waals surface area contributed by atoms with Crippen molar-refractivity contribution < 1.29 is 9.13 Å². The summed E-state index contributed by atoms with van der Waals surface area (Å²) < 4.78 is 19.0. The van der Waals surface area contributed by atoms with E-state index in [4.69, 9.17) is 10.5 Å². The molecule has 1 aromatic rings. The van der Waals surface area contributed by atoms with E-state index in [-0.39, 0.29) is 18.5 Å². The highest BCUT2D eigenvalue weighted by atomic mass is 19.1. The molecule has 2 N–H and O–H groups in total. The molecule has 90 valence electrons. The summed E-state index contributed by atoms with van der Waals surface area (Å²) in [6.07, 6.45) is 4.80. The minimum absolute atomic E-state index is 0.249. The second-order valence-electron chi connectivity index (χ2n) is 4.17. The molecule has 1 aliphatic rings. The van der Waals surface area contributed by atoms with Crippen molar-refractivity contribution in [2.24, 2.45) is 5.73 Å². The van der Waals surface area contributed by atoms with E-state index >= 15 is 0 Å². The molecule has 0 aliphatic heterocycles. The Morgan fingerprint density at radius 1 is 1.35 bits per heavy atom. The average molecular weight is 233 g/mol. The molecule has 1 fully saturated rings. The lowest BCUT2D eigenvalue weighted by Crippen LogP contribution is -2.11. The monoisotopic (exact) mass is 233 g/mol. The number of nitrogens with two attached hydrogens (primary N) is 1. The zero-order valence-electron chi connectivity index (χ0n) is 9.71. The molecule has 17 heavy (non-hydrogen) atoms. The summed E-state index contributed by atoms with van der Waals surface area (Å²) in [6, 6.07) is 4.44. The van der Waals surface area contributed by atoms with Gasteiger partial charge in [0.05, 0.1) is 18.2 Å². The molecule has 0 heterocycles. The van der Waals surface area contributed by atoms with Gasteiger partial charge in [-0.2, -0.15) is 0 Å². The van der Waals surface area contributed by atoms with Crippen LogP contribution in [0.3, 0.4) is 0 Å². The lowest BCUT2D eigenvalue weighted by atomic mass is 10.2. The van der Waals surface area contributed by atoms with Gasteiger partial charge in [0.1, 0.15) is 11.6 Å². The first-order valence-corrected chi connectivity index (χ1v) is 5.95. The highest BCUT2D eigenvalue weighted by Crippen LogP contribution is 2.26. The van der Waals surface area contributed by atoms with Gasteiger partial charge in [0.2, 0.25) is 0 Å². The predicted octanol–water partition coefficient (Wildman–Crippen LogP) is 2.46. The van der Waals surface area contributed by atoms with Gasteiger partial charge in [0.25, 0.3) is 0 Å². The van der Waals surface area contributed by atoms with Gasteiger partial charge in [-0.25, -0.2) is 4.39 Å². The maximum Gasteiger partial charge on any atom is 0.135 e. The van der Waals surface area contributed by atoms with Gasteiger partial charge in [0, 0.05) is 0 Å². The van der Waals surface area contributed by atoms with E-state index in [2.05, 4.69) is 11.8 Å². The van der Waals surface area contributed by atoms with Crippen LogP contribution in [0.15, 0.2) is 18.2 Å². The van der Waals surface area contributed by atoms with Gasteiger partial charge in [0.15, 0.2) is 0 Å². The first-order valence-electron chi connectivity index (χ1n) is 5.95. The molecule has 1 saturated carbocycles. The Morgan fingerprint density at radius 3 is 2.82 bits per heavy atom. The van der Waals surface area contributed by atoms with Crippen LogP contribution in [0.1, 0.15) is 31.2 Å². The summed E-state index contributed by atoms with van der Waals surface area (Å²) in [6.45, 7) is 0.263. The maximum absolute atomic E-state index is 13.1. The Hall–Kier alpha value is -1.53. The van der Waals surface area contributed by atoms with E-state index in [1.54, 1.807) is 6.07 Å². The van der Waals surface area contributed by atoms with Crippen LogP contribution in [-0.2, 0) is 0 Å². The number of benzene rings is 1. The van der Waals surface area contributed by atoms with Gasteiger partial charge in [-0.15, -0.1) is 0 Å². The lowest BCUT2D eigenvalue weighted by molar-refractivity contribution is 0.209. The molecule has 0 bridgehead atoms. The predicted molar refractivity (Wildman–Crippen MR) is 65.2 cm³/mol. The van der Waals surface area contributed by atoms with E-state index in [0.29, 0.717) is 11.3 Å². The largest absolute Gasteiger partial charge is 0.489 e. The smallest absolute Gasteiger partial charge is 0.135 e. The van der Waals surface area contributed by atoms with Crippen LogP contribution < -0.4 is 10.5 Å². The van der Waals surface area contributed by atoms with Crippen LogP contribution in [0.25, 0.3) is 0 Å². The third kappa shape index (κ3) is 3.21. The van der Waals surface area contributed by atoms with Crippen molar-refractivity contribution in [3.63, 3.8) is 0 Å². The minimum atomic E-state index is -0.301. The molecule has 0 unspecified atom stereocenters. The molecule has 0 atom stereocenters. The Morgan fingerprint density at radius 2 is 2.12 bits per heavy atom. The standard InChI is InChI=1S/C14H16FNO/c15-12-7-8-14(11(10-12)4-3-9-16)17-13-5-1-2-6-13/h7-8,10,13H,1-2,5-6,9,16H2. The van der Waals surface area contributed by atoms with Gasteiger partial charge in [-0.05, 0) is 43.9 Å². The average Bonchev–Trinajstić information content (AvgIpc) is 2.82. The Labute approximate surface area is 101 Å². The first kappa shape index (κ1) is 11.9. The van der Waals surface area contributed by atoms with E-state index in [1.165, 1.54) is 25.0 Å². The molecule has 0 aromatic heterocycles. The zero-order valence-corrected chi connectivity index (χ0v) is 9.71. The van der Waals surface area contributed by atoms with Crippen LogP contribution in [0.4, 0.5) is 4.39 Å². The van der Waals surface area contributed by atoms with Crippen LogP contribution in [0.5, 0.6) is 5.75 Å². The summed E-state index contributed by atoms with van der Waals surface area (Å²) in [7, 11) is 0. The fourth-order valence-electron chi connectivity index (χ4n) is 2.03. The molecular weight excluding hydrogens is 217 g/mol. The van der Waals surface area contributed by atoms with E-state index in [9.17, 15) is 4.39 Å². The minimum Gasteiger partial charge on any atom is -0.489 e. The first-order chi connectivity index (χ1) is 8.29. The third-order valence-electron chi connectivity index (χ3n) is 2.86. The number of hydrogen-bond acceptors (Lipinski definition) is 2. The molecule has 2 rings (SSSR count). The van der Waals surface area contributed by atoms with E-state index in [0.717, 1.165) is 12.8 Å². The van der Waals surface area contributed by atoms with E-state index < -0.39 is 0 Å². The van der Waals surface area contributed by atoms with Crippen molar-refractivity contribution in [3.05, 3.63) is 29.6 Å². The molecule has 0 radical (unpaired) electrons. The zero-order chi connectivity index (χ0) is 12.1. The Balaban J connectivity index is 2.19. The van der Waals surface area contributed by atoms with Gasteiger partial charge in [-0.1, -0.05) is 11.8 Å². The molecule has 1 aromatic carbocycles. The van der Waals surface area contributed by atoms with Crippen LogP contribution in [-0.4, -0.2) is 12.6 Å². The lowest BCUT2D eigenvalue weighted by Gasteiger charge is -2.14. The Kier molecular flexibility index (Phi) is 4.00. The molecule has 2 nitrogen and oxygen atoms in total. The molecule has 0 spiro atoms. The molecule has 1 aliphatic carbocycles. The van der Waals surface area contributed by atoms with Crippen molar-refractivity contribution >= 4 is 0 Å². The van der Waals surface area contributed by atoms with Crippen molar-refractivity contribution in [2.45, 2.75) is 31.8 Å². The number of halogens is 1. The normalized spacial score (nSPS) is 15.4. The summed E-state index contributed by atoms with van der Waals surface area (Å²) >= 11 is 0. The van der Waals surface area contributed by atoms with Gasteiger partial charge in [-0.3, -0.25) is 0 Å². The fourth-order valence-corrected chi connectivity index (χ4v) is 2.03. The number of ether oxygens (including phenoxy) is 1. The quantitative estimate of drug-likeness (QED) is 0.796. The molecule has 0 saturated heterocycles.